The fourth-order valence-corrected chi connectivity index (χ4v) is 2.95. The minimum absolute atomic E-state index is 0.700. The molecule has 0 bridgehead atoms. The van der Waals surface area contributed by atoms with Gasteiger partial charge in [-0.3, -0.25) is 4.90 Å². The topological polar surface area (TPSA) is 38.2 Å². The van der Waals surface area contributed by atoms with Crippen LogP contribution in [0.3, 0.4) is 0 Å². The van der Waals surface area contributed by atoms with Crippen molar-refractivity contribution in [1.82, 2.24) is 14.9 Å². The monoisotopic (exact) mass is 303 g/mol. The summed E-state index contributed by atoms with van der Waals surface area (Å²) in [6.07, 6.45) is 2.90. The van der Waals surface area contributed by atoms with E-state index in [1.54, 1.807) is 7.11 Å². The molecule has 1 aromatic heterocycles. The summed E-state index contributed by atoms with van der Waals surface area (Å²) >= 11 is 6.37. The van der Waals surface area contributed by atoms with Gasteiger partial charge in [0.2, 0.25) is 0 Å². The summed E-state index contributed by atoms with van der Waals surface area (Å²) in [5.41, 5.74) is 3.48. The molecule has 0 saturated carbocycles. The van der Waals surface area contributed by atoms with E-state index >= 15 is 0 Å². The Bertz CT molecular complexity index is 660. The molecule has 0 aliphatic carbocycles. The number of hydrogen-bond donors (Lipinski definition) is 0. The van der Waals surface area contributed by atoms with E-state index in [-0.39, 0.29) is 0 Å². The van der Waals surface area contributed by atoms with Crippen LogP contribution in [0.25, 0.3) is 0 Å². The van der Waals surface area contributed by atoms with Crippen LogP contribution in [-0.4, -0.2) is 28.5 Å². The van der Waals surface area contributed by atoms with E-state index in [9.17, 15) is 0 Å². The number of methoxy groups -OCH3 is 1. The van der Waals surface area contributed by atoms with Crippen LogP contribution in [0.5, 0.6) is 5.75 Å². The molecule has 0 radical (unpaired) electrons. The van der Waals surface area contributed by atoms with Crippen LogP contribution in [0.15, 0.2) is 24.4 Å². The number of halogens is 1. The van der Waals surface area contributed by atoms with Crippen molar-refractivity contribution in [1.29, 1.82) is 0 Å². The van der Waals surface area contributed by atoms with E-state index in [1.165, 1.54) is 11.3 Å². The normalized spacial score (nSPS) is 14.8. The molecular formula is C16H18ClN3O. The Kier molecular flexibility index (Phi) is 4.08. The summed E-state index contributed by atoms with van der Waals surface area (Å²) in [6, 6.07) is 5.91. The van der Waals surface area contributed by atoms with Gasteiger partial charge in [0.25, 0.3) is 0 Å². The zero-order valence-electron chi connectivity index (χ0n) is 12.3. The predicted molar refractivity (Wildman–Crippen MR) is 82.6 cm³/mol. The highest BCUT2D eigenvalue weighted by Gasteiger charge is 2.19. The Morgan fingerprint density at radius 1 is 1.38 bits per heavy atom. The number of aromatic nitrogens is 2. The fourth-order valence-electron chi connectivity index (χ4n) is 2.69. The van der Waals surface area contributed by atoms with Gasteiger partial charge in [-0.1, -0.05) is 23.7 Å². The molecule has 0 spiro atoms. The van der Waals surface area contributed by atoms with Crippen molar-refractivity contribution < 1.29 is 4.74 Å². The summed E-state index contributed by atoms with van der Waals surface area (Å²) < 4.78 is 5.27. The molecule has 0 saturated heterocycles. The van der Waals surface area contributed by atoms with E-state index in [4.69, 9.17) is 16.3 Å². The van der Waals surface area contributed by atoms with Gasteiger partial charge in [-0.2, -0.15) is 0 Å². The molecule has 21 heavy (non-hydrogen) atoms. The first-order valence-corrected chi connectivity index (χ1v) is 7.40. The lowest BCUT2D eigenvalue weighted by molar-refractivity contribution is 0.242. The molecule has 1 aliphatic rings. The fraction of sp³-hybridized carbons (Fsp3) is 0.375. The van der Waals surface area contributed by atoms with Crippen molar-refractivity contribution >= 4 is 11.6 Å². The van der Waals surface area contributed by atoms with Gasteiger partial charge >= 0.3 is 0 Å². The average Bonchev–Trinajstić information content (AvgIpc) is 2.49. The van der Waals surface area contributed by atoms with Crippen molar-refractivity contribution in [2.45, 2.75) is 26.4 Å². The largest absolute Gasteiger partial charge is 0.495 e. The summed E-state index contributed by atoms with van der Waals surface area (Å²) in [5, 5.41) is 0.700. The third-order valence-electron chi connectivity index (χ3n) is 3.79. The standard InChI is InChI=1S/C16H18ClN3O/c1-11-18-8-13-10-20(7-6-14(13)19-11)9-12-4-3-5-15(21-2)16(12)17/h3-5,8H,6-7,9-10H2,1-2H3. The van der Waals surface area contributed by atoms with Crippen LogP contribution in [0.1, 0.15) is 22.6 Å². The van der Waals surface area contributed by atoms with Crippen molar-refractivity contribution in [3.05, 3.63) is 52.1 Å². The van der Waals surface area contributed by atoms with Crippen LogP contribution >= 0.6 is 11.6 Å². The lowest BCUT2D eigenvalue weighted by Crippen LogP contribution is -2.31. The van der Waals surface area contributed by atoms with Gasteiger partial charge < -0.3 is 4.74 Å². The second kappa shape index (κ2) is 6.00. The van der Waals surface area contributed by atoms with Crippen molar-refractivity contribution in [2.75, 3.05) is 13.7 Å². The molecule has 0 amide bonds. The maximum absolute atomic E-state index is 6.37. The number of aryl methyl sites for hydroxylation is 1. The van der Waals surface area contributed by atoms with Crippen LogP contribution in [-0.2, 0) is 19.5 Å². The van der Waals surface area contributed by atoms with Gasteiger partial charge in [0.05, 0.1) is 12.1 Å². The first-order chi connectivity index (χ1) is 10.2. The molecule has 0 fully saturated rings. The number of benzene rings is 1. The van der Waals surface area contributed by atoms with Gasteiger partial charge in [0.15, 0.2) is 0 Å². The Balaban J connectivity index is 1.77. The molecule has 5 heteroatoms. The molecule has 2 aromatic rings. The maximum Gasteiger partial charge on any atom is 0.137 e. The van der Waals surface area contributed by atoms with E-state index < -0.39 is 0 Å². The molecule has 4 nitrogen and oxygen atoms in total. The van der Waals surface area contributed by atoms with Crippen LogP contribution < -0.4 is 4.74 Å². The van der Waals surface area contributed by atoms with Gasteiger partial charge in [0.1, 0.15) is 11.6 Å². The van der Waals surface area contributed by atoms with E-state index in [0.717, 1.165) is 43.2 Å². The summed E-state index contributed by atoms with van der Waals surface area (Å²) in [6.45, 7) is 4.59. The molecule has 0 unspecified atom stereocenters. The van der Waals surface area contributed by atoms with Crippen molar-refractivity contribution in [3.8, 4) is 5.75 Å². The summed E-state index contributed by atoms with van der Waals surface area (Å²) in [4.78, 5) is 11.2. The van der Waals surface area contributed by atoms with Crippen LogP contribution in [0.2, 0.25) is 5.02 Å². The highest BCUT2D eigenvalue weighted by molar-refractivity contribution is 6.32. The predicted octanol–water partition coefficient (Wildman–Crippen LogP) is 3.01. The quantitative estimate of drug-likeness (QED) is 0.873. The zero-order valence-corrected chi connectivity index (χ0v) is 13.0. The molecular weight excluding hydrogens is 286 g/mol. The number of ether oxygens (including phenoxy) is 1. The molecule has 1 aliphatic heterocycles. The van der Waals surface area contributed by atoms with Crippen molar-refractivity contribution in [2.24, 2.45) is 0 Å². The smallest absolute Gasteiger partial charge is 0.137 e. The Hall–Kier alpha value is -1.65. The number of rotatable bonds is 3. The molecule has 3 rings (SSSR count). The second-order valence-electron chi connectivity index (χ2n) is 5.28. The van der Waals surface area contributed by atoms with E-state index in [0.29, 0.717) is 5.02 Å². The van der Waals surface area contributed by atoms with E-state index in [1.807, 2.05) is 31.3 Å². The Morgan fingerprint density at radius 2 is 2.24 bits per heavy atom. The minimum atomic E-state index is 0.700. The van der Waals surface area contributed by atoms with Gasteiger partial charge in [-0.25, -0.2) is 9.97 Å². The molecule has 2 heterocycles. The van der Waals surface area contributed by atoms with Crippen molar-refractivity contribution in [3.63, 3.8) is 0 Å². The van der Waals surface area contributed by atoms with Crippen LogP contribution in [0, 0.1) is 6.92 Å². The molecule has 0 N–H and O–H groups in total. The molecule has 0 atom stereocenters. The lowest BCUT2D eigenvalue weighted by atomic mass is 10.1. The second-order valence-corrected chi connectivity index (χ2v) is 5.66. The van der Waals surface area contributed by atoms with Crippen LogP contribution in [0.4, 0.5) is 0 Å². The molecule has 1 aromatic carbocycles. The highest BCUT2D eigenvalue weighted by Crippen LogP contribution is 2.29. The number of fused-ring (bicyclic) bond motifs is 1. The van der Waals surface area contributed by atoms with Gasteiger partial charge in [0, 0.05) is 43.5 Å². The van der Waals surface area contributed by atoms with Gasteiger partial charge in [-0.15, -0.1) is 0 Å². The number of nitrogens with zero attached hydrogens (tertiary/aromatic N) is 3. The zero-order chi connectivity index (χ0) is 14.8. The average molecular weight is 304 g/mol. The first kappa shape index (κ1) is 14.3. The van der Waals surface area contributed by atoms with Gasteiger partial charge in [-0.05, 0) is 18.6 Å². The molecule has 110 valence electrons. The summed E-state index contributed by atoms with van der Waals surface area (Å²) in [5.74, 6) is 1.57. The van der Waals surface area contributed by atoms with E-state index in [2.05, 4.69) is 14.9 Å². The third-order valence-corrected chi connectivity index (χ3v) is 4.22. The lowest BCUT2D eigenvalue weighted by Gasteiger charge is -2.28. The number of hydrogen-bond acceptors (Lipinski definition) is 4. The Morgan fingerprint density at radius 3 is 3.05 bits per heavy atom. The first-order valence-electron chi connectivity index (χ1n) is 7.02. The third kappa shape index (κ3) is 3.01. The summed E-state index contributed by atoms with van der Waals surface area (Å²) in [7, 11) is 1.64. The minimum Gasteiger partial charge on any atom is -0.495 e. The highest BCUT2D eigenvalue weighted by atomic mass is 35.5. The SMILES string of the molecule is COc1cccc(CN2CCc3nc(C)ncc3C2)c1Cl. The maximum atomic E-state index is 6.37. The Labute approximate surface area is 129 Å².